The number of thioether (sulfide) groups is 1. The highest BCUT2D eigenvalue weighted by Crippen LogP contribution is 2.30. The van der Waals surface area contributed by atoms with Crippen LogP contribution < -0.4 is 0 Å². The van der Waals surface area contributed by atoms with Crippen molar-refractivity contribution in [3.05, 3.63) is 0 Å². The summed E-state index contributed by atoms with van der Waals surface area (Å²) in [5.41, 5.74) is -1.22. The highest BCUT2D eigenvalue weighted by molar-refractivity contribution is 7.99. The van der Waals surface area contributed by atoms with E-state index in [0.717, 1.165) is 0 Å². The Labute approximate surface area is 78.9 Å². The number of hydrogen-bond acceptors (Lipinski definition) is 3. The van der Waals surface area contributed by atoms with Crippen LogP contribution in [0.15, 0.2) is 0 Å². The van der Waals surface area contributed by atoms with Gasteiger partial charge in [0.15, 0.2) is 0 Å². The molecule has 0 bridgehead atoms. The van der Waals surface area contributed by atoms with Gasteiger partial charge in [-0.1, -0.05) is 11.6 Å². The van der Waals surface area contributed by atoms with Gasteiger partial charge in [-0.25, -0.2) is 4.79 Å². The van der Waals surface area contributed by atoms with Crippen molar-refractivity contribution < 1.29 is 14.7 Å². The monoisotopic (exact) mass is 209 g/mol. The van der Waals surface area contributed by atoms with Crippen molar-refractivity contribution in [1.82, 2.24) is 4.90 Å². The third-order valence-corrected chi connectivity index (χ3v) is 3.00. The molecule has 1 N–H and O–H groups in total. The van der Waals surface area contributed by atoms with Crippen LogP contribution in [-0.2, 0) is 9.59 Å². The number of likely N-dealkylation sites (tertiary alicyclic amines) is 1. The Balaban J connectivity index is 2.60. The molecule has 1 saturated heterocycles. The topological polar surface area (TPSA) is 57.6 Å². The molecule has 0 radical (unpaired) electrons. The first-order valence-electron chi connectivity index (χ1n) is 3.28. The SMILES string of the molecule is CSC1CC(=O)N1C(Cl)C(=O)O. The molecule has 68 valence electrons. The molecule has 6 heteroatoms. The third-order valence-electron chi connectivity index (χ3n) is 1.67. The van der Waals surface area contributed by atoms with Gasteiger partial charge in [0, 0.05) is 0 Å². The summed E-state index contributed by atoms with van der Waals surface area (Å²) in [5, 5.41) is 8.44. The minimum atomic E-state index is -1.22. The van der Waals surface area contributed by atoms with Crippen LogP contribution in [0, 0.1) is 0 Å². The van der Waals surface area contributed by atoms with E-state index < -0.39 is 11.5 Å². The van der Waals surface area contributed by atoms with Crippen molar-refractivity contribution in [3.8, 4) is 0 Å². The summed E-state index contributed by atoms with van der Waals surface area (Å²) in [4.78, 5) is 22.5. The van der Waals surface area contributed by atoms with Crippen molar-refractivity contribution >= 4 is 35.2 Å². The number of rotatable bonds is 3. The normalized spacial score (nSPS) is 25.0. The molecule has 2 unspecified atom stereocenters. The zero-order valence-corrected chi connectivity index (χ0v) is 7.93. The lowest BCUT2D eigenvalue weighted by Crippen LogP contribution is -2.56. The molecule has 0 aromatic rings. The maximum absolute atomic E-state index is 10.9. The number of carbonyl (C=O) groups is 2. The molecule has 4 nitrogen and oxygen atoms in total. The zero-order valence-electron chi connectivity index (χ0n) is 6.36. The molecular formula is C6H8ClNO3S. The third kappa shape index (κ3) is 1.51. The minimum Gasteiger partial charge on any atom is -0.479 e. The van der Waals surface area contributed by atoms with Crippen LogP contribution in [0.2, 0.25) is 0 Å². The Bertz CT molecular complexity index is 223. The molecule has 1 aliphatic rings. The van der Waals surface area contributed by atoms with E-state index in [4.69, 9.17) is 16.7 Å². The van der Waals surface area contributed by atoms with Crippen LogP contribution in [0.1, 0.15) is 6.42 Å². The maximum Gasteiger partial charge on any atom is 0.342 e. The zero-order chi connectivity index (χ0) is 9.30. The van der Waals surface area contributed by atoms with E-state index in [-0.39, 0.29) is 11.3 Å². The smallest absolute Gasteiger partial charge is 0.342 e. The Morgan fingerprint density at radius 2 is 2.50 bits per heavy atom. The highest BCUT2D eigenvalue weighted by Gasteiger charge is 2.42. The lowest BCUT2D eigenvalue weighted by atomic mass is 10.2. The van der Waals surface area contributed by atoms with Crippen molar-refractivity contribution in [2.45, 2.75) is 17.3 Å². The second-order valence-corrected chi connectivity index (χ2v) is 3.80. The summed E-state index contributed by atoms with van der Waals surface area (Å²) < 4.78 is 0. The molecule has 0 spiro atoms. The molecule has 0 aromatic carbocycles. The van der Waals surface area contributed by atoms with E-state index >= 15 is 0 Å². The molecule has 0 aliphatic carbocycles. The fourth-order valence-electron chi connectivity index (χ4n) is 0.990. The van der Waals surface area contributed by atoms with E-state index in [1.807, 2.05) is 6.26 Å². The number of carboxylic acids is 1. The predicted molar refractivity (Wildman–Crippen MR) is 46.0 cm³/mol. The standard InChI is InChI=1S/C6H8ClNO3S/c1-12-4-2-3(9)8(4)5(7)6(10)11/h4-5H,2H2,1H3,(H,10,11). The molecule has 12 heavy (non-hydrogen) atoms. The van der Waals surface area contributed by atoms with Crippen LogP contribution in [-0.4, -0.2) is 39.0 Å². The average molecular weight is 210 g/mol. The first kappa shape index (κ1) is 9.67. The molecular weight excluding hydrogens is 202 g/mol. The molecule has 1 aliphatic heterocycles. The molecule has 1 rings (SSSR count). The second-order valence-electron chi connectivity index (χ2n) is 2.37. The first-order valence-corrected chi connectivity index (χ1v) is 5.01. The maximum atomic E-state index is 10.9. The van der Waals surface area contributed by atoms with Gasteiger partial charge in [-0.05, 0) is 6.26 Å². The van der Waals surface area contributed by atoms with E-state index in [1.54, 1.807) is 0 Å². The van der Waals surface area contributed by atoms with Gasteiger partial charge in [0.1, 0.15) is 0 Å². The van der Waals surface area contributed by atoms with Crippen molar-refractivity contribution in [2.24, 2.45) is 0 Å². The summed E-state index contributed by atoms with van der Waals surface area (Å²) in [6.07, 6.45) is 2.20. The van der Waals surface area contributed by atoms with Crippen LogP contribution >= 0.6 is 23.4 Å². The number of halogens is 1. The summed E-state index contributed by atoms with van der Waals surface area (Å²) in [6.45, 7) is 0. The average Bonchev–Trinajstić information content (AvgIpc) is 1.99. The highest BCUT2D eigenvalue weighted by atomic mass is 35.5. The Morgan fingerprint density at radius 1 is 1.92 bits per heavy atom. The van der Waals surface area contributed by atoms with Gasteiger partial charge >= 0.3 is 5.97 Å². The van der Waals surface area contributed by atoms with Gasteiger partial charge in [0.05, 0.1) is 11.8 Å². The van der Waals surface area contributed by atoms with E-state index in [9.17, 15) is 9.59 Å². The predicted octanol–water partition coefficient (Wildman–Crippen LogP) is 0.557. The van der Waals surface area contributed by atoms with Crippen molar-refractivity contribution in [3.63, 3.8) is 0 Å². The van der Waals surface area contributed by atoms with Crippen molar-refractivity contribution in [2.75, 3.05) is 6.26 Å². The number of hydrogen-bond donors (Lipinski definition) is 1. The van der Waals surface area contributed by atoms with E-state index in [0.29, 0.717) is 6.42 Å². The molecule has 1 heterocycles. The van der Waals surface area contributed by atoms with Gasteiger partial charge in [-0.15, -0.1) is 11.8 Å². The van der Waals surface area contributed by atoms with Crippen LogP contribution in [0.5, 0.6) is 0 Å². The fourth-order valence-corrected chi connectivity index (χ4v) is 2.08. The van der Waals surface area contributed by atoms with E-state index in [2.05, 4.69) is 0 Å². The molecule has 1 fully saturated rings. The number of carboxylic acid groups (broad SMARTS) is 1. The molecule has 1 amide bonds. The van der Waals surface area contributed by atoms with Gasteiger partial charge in [-0.2, -0.15) is 0 Å². The molecule has 0 saturated carbocycles. The largest absolute Gasteiger partial charge is 0.479 e. The molecule has 2 atom stereocenters. The summed E-state index contributed by atoms with van der Waals surface area (Å²) in [5.74, 6) is -1.37. The Kier molecular flexibility index (Phi) is 2.85. The van der Waals surface area contributed by atoms with Gasteiger partial charge in [0.2, 0.25) is 11.4 Å². The quantitative estimate of drug-likeness (QED) is 0.419. The fraction of sp³-hybridized carbons (Fsp3) is 0.667. The number of carbonyl (C=O) groups excluding carboxylic acids is 1. The minimum absolute atomic E-state index is 0.0731. The van der Waals surface area contributed by atoms with Crippen molar-refractivity contribution in [1.29, 1.82) is 0 Å². The van der Waals surface area contributed by atoms with Gasteiger partial charge in [0.25, 0.3) is 0 Å². The van der Waals surface area contributed by atoms with E-state index in [1.165, 1.54) is 16.7 Å². The number of β-lactam (4-membered cyclic amide) rings is 1. The van der Waals surface area contributed by atoms with Gasteiger partial charge < -0.3 is 10.0 Å². The number of aliphatic carboxylic acids is 1. The molecule has 0 aromatic heterocycles. The first-order chi connectivity index (χ1) is 5.57. The van der Waals surface area contributed by atoms with Crippen LogP contribution in [0.4, 0.5) is 0 Å². The Hall–Kier alpha value is -0.420. The number of alkyl halides is 1. The summed E-state index contributed by atoms with van der Waals surface area (Å²) in [7, 11) is 0. The summed E-state index contributed by atoms with van der Waals surface area (Å²) >= 11 is 6.90. The summed E-state index contributed by atoms with van der Waals surface area (Å²) in [6, 6.07) is 0. The lowest BCUT2D eigenvalue weighted by molar-refractivity contribution is -0.153. The lowest BCUT2D eigenvalue weighted by Gasteiger charge is -2.40. The van der Waals surface area contributed by atoms with Crippen LogP contribution in [0.3, 0.4) is 0 Å². The second kappa shape index (κ2) is 3.53. The number of nitrogens with zero attached hydrogens (tertiary/aromatic N) is 1. The number of amides is 1. The van der Waals surface area contributed by atoms with Gasteiger partial charge in [-0.3, -0.25) is 4.79 Å². The Morgan fingerprint density at radius 3 is 2.83 bits per heavy atom. The van der Waals surface area contributed by atoms with Crippen LogP contribution in [0.25, 0.3) is 0 Å².